The molecular weight excluding hydrogens is 412 g/mol. The van der Waals surface area contributed by atoms with Gasteiger partial charge in [0.1, 0.15) is 11.3 Å². The van der Waals surface area contributed by atoms with E-state index in [-0.39, 0.29) is 12.4 Å². The summed E-state index contributed by atoms with van der Waals surface area (Å²) in [5.74, 6) is 0.154. The molecule has 2 aliphatic rings. The first kappa shape index (κ1) is 20.4. The van der Waals surface area contributed by atoms with Crippen molar-refractivity contribution in [2.45, 2.75) is 0 Å². The smallest absolute Gasteiger partial charge is 0.338 e. The van der Waals surface area contributed by atoms with Crippen molar-refractivity contribution in [2.24, 2.45) is 0 Å². The molecule has 3 N–H and O–H groups in total. The first-order chi connectivity index (χ1) is 14.6. The average molecular weight is 431 g/mol. The van der Waals surface area contributed by atoms with Crippen LogP contribution in [-0.2, 0) is 4.74 Å². The van der Waals surface area contributed by atoms with Gasteiger partial charge in [-0.15, -0.1) is 12.4 Å². The molecular formula is C25H19ClN2O3. The quantitative estimate of drug-likeness (QED) is 0.164. The monoisotopic (exact) mass is 430 g/mol. The van der Waals surface area contributed by atoms with Gasteiger partial charge in [-0.25, -0.2) is 4.79 Å². The minimum atomic E-state index is -0.435. The second kappa shape index (κ2) is 7.78. The lowest BCUT2D eigenvalue weighted by molar-refractivity contribution is 0.0601. The van der Waals surface area contributed by atoms with E-state index >= 15 is 0 Å². The zero-order valence-corrected chi connectivity index (χ0v) is 17.5. The fourth-order valence-electron chi connectivity index (χ4n) is 4.01. The number of esters is 1. The topological polar surface area (TPSA) is 89.3 Å². The Balaban J connectivity index is 0.00000231. The highest BCUT2D eigenvalue weighted by Gasteiger charge is 2.24. The number of nitrogen functional groups attached to an aromatic ring is 1. The summed E-state index contributed by atoms with van der Waals surface area (Å²) < 4.78 is 11.3. The number of carbonyl (C=O) groups excluding carboxylic acids is 1. The standard InChI is InChI=1S/C25H18N2O3.ClH/c1-29-25(28)18-9-5-4-8-17(18)22-19-11-10-15(26)13-21(19)30-24-16-7-3-2-6-14(16)12-20(27)23(22)24;/h2-13,27H,26H2,1H3;1H. The summed E-state index contributed by atoms with van der Waals surface area (Å²) in [6.45, 7) is 0. The number of nitrogens with two attached hydrogens (primary N) is 1. The van der Waals surface area contributed by atoms with Gasteiger partial charge < -0.3 is 20.3 Å². The summed E-state index contributed by atoms with van der Waals surface area (Å²) in [6.07, 6.45) is 0. The number of carbonyl (C=O) groups is 1. The summed E-state index contributed by atoms with van der Waals surface area (Å²) in [7, 11) is 1.36. The summed E-state index contributed by atoms with van der Waals surface area (Å²) in [5, 5.41) is 11.7. The summed E-state index contributed by atoms with van der Waals surface area (Å²) in [4.78, 5) is 12.5. The van der Waals surface area contributed by atoms with Crippen molar-refractivity contribution in [1.82, 2.24) is 0 Å². The SMILES string of the molecule is COC(=O)c1ccccc1-c1c2c(=N)cc3ccccc3c-2oc2cc(N)ccc12.Cl. The molecule has 0 unspecified atom stereocenters. The lowest BCUT2D eigenvalue weighted by Gasteiger charge is -2.19. The second-order valence-corrected chi connectivity index (χ2v) is 7.12. The number of nitrogens with one attached hydrogen (secondary N) is 1. The van der Waals surface area contributed by atoms with Gasteiger partial charge in [0.05, 0.1) is 23.6 Å². The van der Waals surface area contributed by atoms with Crippen LogP contribution in [0.5, 0.6) is 0 Å². The van der Waals surface area contributed by atoms with Gasteiger partial charge in [0.25, 0.3) is 0 Å². The van der Waals surface area contributed by atoms with Gasteiger partial charge in [-0.1, -0.05) is 42.5 Å². The van der Waals surface area contributed by atoms with E-state index < -0.39 is 5.97 Å². The highest BCUT2D eigenvalue weighted by Crippen LogP contribution is 2.42. The van der Waals surface area contributed by atoms with Gasteiger partial charge in [-0.3, -0.25) is 0 Å². The Morgan fingerprint density at radius 3 is 2.48 bits per heavy atom. The molecule has 1 heterocycles. The molecule has 0 spiro atoms. The summed E-state index contributed by atoms with van der Waals surface area (Å²) in [5.41, 5.74) is 9.70. The first-order valence-electron chi connectivity index (χ1n) is 9.48. The van der Waals surface area contributed by atoms with E-state index in [1.807, 2.05) is 48.5 Å². The molecule has 6 heteroatoms. The van der Waals surface area contributed by atoms with Gasteiger partial charge in [0, 0.05) is 28.1 Å². The van der Waals surface area contributed by atoms with Crippen molar-refractivity contribution in [3.8, 4) is 22.5 Å². The number of hydrogen-bond acceptors (Lipinski definition) is 5. The molecule has 154 valence electrons. The maximum atomic E-state index is 12.5. The molecule has 3 aromatic rings. The average Bonchev–Trinajstić information content (AvgIpc) is 2.77. The first-order valence-corrected chi connectivity index (χ1v) is 9.48. The molecule has 5 rings (SSSR count). The Hall–Kier alpha value is -3.83. The number of fused-ring (bicyclic) bond motifs is 4. The third-order valence-corrected chi connectivity index (χ3v) is 5.34. The Morgan fingerprint density at radius 2 is 1.68 bits per heavy atom. The zero-order valence-electron chi connectivity index (χ0n) is 16.6. The Kier molecular flexibility index (Phi) is 5.13. The molecule has 0 bridgehead atoms. The van der Waals surface area contributed by atoms with Crippen molar-refractivity contribution < 1.29 is 13.9 Å². The van der Waals surface area contributed by atoms with Crippen LogP contribution in [0.2, 0.25) is 0 Å². The van der Waals surface area contributed by atoms with Crippen LogP contribution < -0.4 is 11.1 Å². The lowest BCUT2D eigenvalue weighted by Crippen LogP contribution is -2.10. The zero-order chi connectivity index (χ0) is 20.8. The minimum absolute atomic E-state index is 0. The van der Waals surface area contributed by atoms with Crippen LogP contribution in [0.25, 0.3) is 44.2 Å². The predicted molar refractivity (Wildman–Crippen MR) is 125 cm³/mol. The molecule has 0 amide bonds. The molecule has 3 aromatic carbocycles. The number of methoxy groups -OCH3 is 1. The van der Waals surface area contributed by atoms with Crippen molar-refractivity contribution in [3.63, 3.8) is 0 Å². The highest BCUT2D eigenvalue weighted by atomic mass is 35.5. The van der Waals surface area contributed by atoms with Gasteiger partial charge >= 0.3 is 5.97 Å². The van der Waals surface area contributed by atoms with Crippen molar-refractivity contribution in [2.75, 3.05) is 12.8 Å². The molecule has 0 saturated heterocycles. The number of hydrogen-bond donors (Lipinski definition) is 2. The minimum Gasteiger partial charge on any atom is -0.465 e. The van der Waals surface area contributed by atoms with Gasteiger partial charge in [0.2, 0.25) is 0 Å². The fraction of sp³-hybridized carbons (Fsp3) is 0.0400. The highest BCUT2D eigenvalue weighted by molar-refractivity contribution is 6.11. The van der Waals surface area contributed by atoms with Crippen LogP contribution in [-0.4, -0.2) is 13.1 Å². The van der Waals surface area contributed by atoms with E-state index in [0.29, 0.717) is 39.1 Å². The third kappa shape index (κ3) is 3.20. The molecule has 0 fully saturated rings. The van der Waals surface area contributed by atoms with Crippen LogP contribution in [0.1, 0.15) is 10.4 Å². The van der Waals surface area contributed by atoms with Crippen molar-refractivity contribution >= 4 is 45.8 Å². The molecule has 5 nitrogen and oxygen atoms in total. The van der Waals surface area contributed by atoms with Crippen molar-refractivity contribution in [3.05, 3.63) is 83.7 Å². The molecule has 0 saturated carbocycles. The largest absolute Gasteiger partial charge is 0.465 e. The van der Waals surface area contributed by atoms with Crippen LogP contribution in [0.4, 0.5) is 5.69 Å². The molecule has 0 radical (unpaired) electrons. The van der Waals surface area contributed by atoms with Crippen LogP contribution >= 0.6 is 12.4 Å². The van der Waals surface area contributed by atoms with Crippen LogP contribution in [0.15, 0.2) is 77.2 Å². The maximum Gasteiger partial charge on any atom is 0.338 e. The maximum absolute atomic E-state index is 12.5. The van der Waals surface area contributed by atoms with E-state index in [9.17, 15) is 4.79 Å². The molecule has 0 aromatic heterocycles. The number of rotatable bonds is 2. The summed E-state index contributed by atoms with van der Waals surface area (Å²) >= 11 is 0. The van der Waals surface area contributed by atoms with E-state index in [0.717, 1.165) is 21.7 Å². The number of anilines is 1. The van der Waals surface area contributed by atoms with Crippen LogP contribution in [0.3, 0.4) is 0 Å². The van der Waals surface area contributed by atoms with E-state index in [1.54, 1.807) is 24.3 Å². The third-order valence-electron chi connectivity index (χ3n) is 5.34. The number of ether oxygens (including phenoxy) is 1. The van der Waals surface area contributed by atoms with E-state index in [4.69, 9.17) is 20.3 Å². The normalized spacial score (nSPS) is 10.9. The lowest BCUT2D eigenvalue weighted by atomic mass is 9.88. The molecule has 1 aliphatic heterocycles. The van der Waals surface area contributed by atoms with Crippen LogP contribution in [0, 0.1) is 5.41 Å². The molecule has 0 atom stereocenters. The van der Waals surface area contributed by atoms with E-state index in [1.165, 1.54) is 7.11 Å². The predicted octanol–water partition coefficient (Wildman–Crippen LogP) is 5.63. The Morgan fingerprint density at radius 1 is 0.935 bits per heavy atom. The fourth-order valence-corrected chi connectivity index (χ4v) is 4.01. The molecule has 31 heavy (non-hydrogen) atoms. The Bertz CT molecular complexity index is 1490. The number of benzene rings is 4. The Labute approximate surface area is 184 Å². The summed E-state index contributed by atoms with van der Waals surface area (Å²) in [6, 6.07) is 22.3. The van der Waals surface area contributed by atoms with Crippen molar-refractivity contribution in [1.29, 1.82) is 5.41 Å². The van der Waals surface area contributed by atoms with Gasteiger partial charge in [0.15, 0.2) is 0 Å². The van der Waals surface area contributed by atoms with Gasteiger partial charge in [-0.2, -0.15) is 0 Å². The number of halogens is 1. The van der Waals surface area contributed by atoms with Gasteiger partial charge in [-0.05, 0) is 35.2 Å². The second-order valence-electron chi connectivity index (χ2n) is 7.12. The molecule has 1 aliphatic carbocycles. The van der Waals surface area contributed by atoms with E-state index in [2.05, 4.69) is 0 Å².